The average molecular weight is 514 g/mol. The van der Waals surface area contributed by atoms with E-state index in [1.54, 1.807) is 0 Å². The van der Waals surface area contributed by atoms with Gasteiger partial charge in [0.25, 0.3) is 5.87 Å². The number of allylic oxidation sites excluding steroid dienone is 2. The van der Waals surface area contributed by atoms with Gasteiger partial charge < -0.3 is 10.4 Å². The molecule has 0 radical (unpaired) electrons. The van der Waals surface area contributed by atoms with E-state index in [4.69, 9.17) is 0 Å². The molecule has 0 spiro atoms. The Morgan fingerprint density at radius 3 is 1.79 bits per heavy atom. The summed E-state index contributed by atoms with van der Waals surface area (Å²) in [5.41, 5.74) is 16.7. The Bertz CT molecular complexity index is 1020. The fraction of sp³-hybridized carbons (Fsp3) is 0.543. The van der Waals surface area contributed by atoms with E-state index >= 15 is 0 Å². The highest BCUT2D eigenvalue weighted by molar-refractivity contribution is 5.85. The molecule has 2 aromatic carbocycles. The molecule has 0 unspecified atom stereocenters. The van der Waals surface area contributed by atoms with Gasteiger partial charge in [-0.2, -0.15) is 0 Å². The van der Waals surface area contributed by atoms with Gasteiger partial charge in [-0.1, -0.05) is 108 Å². The van der Waals surface area contributed by atoms with Gasteiger partial charge in [-0.25, -0.2) is 0 Å². The molecule has 0 amide bonds. The largest absolute Gasteiger partial charge is 0.372 e. The second-order valence-electron chi connectivity index (χ2n) is 10.4. The molecule has 0 N–H and O–H groups in total. The summed E-state index contributed by atoms with van der Waals surface area (Å²) in [6.45, 7) is 10.9. The molecule has 0 atom stereocenters. The Hall–Kier alpha value is -2.86. The van der Waals surface area contributed by atoms with E-state index in [1.807, 2.05) is 6.08 Å². The summed E-state index contributed by atoms with van der Waals surface area (Å²) >= 11 is 0. The number of hydrogen-bond donors (Lipinski definition) is 0. The van der Waals surface area contributed by atoms with Crippen LogP contribution in [-0.2, 0) is 6.42 Å². The van der Waals surface area contributed by atoms with Crippen molar-refractivity contribution in [3.8, 4) is 0 Å². The topological polar surface area (TPSA) is 39.6 Å². The molecule has 3 heteroatoms. The summed E-state index contributed by atoms with van der Waals surface area (Å²) in [6.07, 6.45) is 18.0. The first kappa shape index (κ1) is 31.4. The Kier molecular flexibility index (Phi) is 15.9. The van der Waals surface area contributed by atoms with Gasteiger partial charge in [0.2, 0.25) is 0 Å². The van der Waals surface area contributed by atoms with Crippen LogP contribution in [0.15, 0.2) is 60.2 Å². The third-order valence-corrected chi connectivity index (χ3v) is 7.51. The van der Waals surface area contributed by atoms with Gasteiger partial charge in [-0.15, -0.1) is 4.79 Å². The second-order valence-corrected chi connectivity index (χ2v) is 10.4. The Morgan fingerprint density at radius 1 is 0.711 bits per heavy atom. The molecule has 0 saturated carbocycles. The maximum absolute atomic E-state index is 9.19. The minimum absolute atomic E-state index is 0.947. The van der Waals surface area contributed by atoms with Crippen molar-refractivity contribution in [1.29, 1.82) is 0 Å². The molecule has 0 aliphatic rings. The molecule has 0 bridgehead atoms. The Labute approximate surface area is 233 Å². The predicted octanol–water partition coefficient (Wildman–Crippen LogP) is 10.1. The average Bonchev–Trinajstić information content (AvgIpc) is 2.95. The lowest BCUT2D eigenvalue weighted by atomic mass is 9.89. The lowest BCUT2D eigenvalue weighted by molar-refractivity contribution is 0.00800. The number of nitrogens with zero attached hydrogens (tertiary/aromatic N) is 3. The molecular formula is C35H51N3. The fourth-order valence-corrected chi connectivity index (χ4v) is 5.21. The Balaban J connectivity index is 2.38. The van der Waals surface area contributed by atoms with Crippen molar-refractivity contribution in [2.24, 2.45) is 0 Å². The number of unbranched alkanes of at least 4 members (excludes halogenated alkanes) is 9. The zero-order valence-corrected chi connectivity index (χ0v) is 24.6. The molecule has 3 nitrogen and oxygen atoms in total. The summed E-state index contributed by atoms with van der Waals surface area (Å²) in [5, 5.41) is 0. The summed E-state index contributed by atoms with van der Waals surface area (Å²) < 4.78 is 0. The smallest absolute Gasteiger partial charge is 0.299 e. The zero-order valence-electron chi connectivity index (χ0n) is 24.6. The molecule has 0 aromatic heterocycles. The van der Waals surface area contributed by atoms with Crippen molar-refractivity contribution in [2.75, 3.05) is 18.0 Å². The molecule has 2 aromatic rings. The van der Waals surface area contributed by atoms with Crippen LogP contribution in [0.25, 0.3) is 11.1 Å². The number of benzene rings is 2. The highest BCUT2D eigenvalue weighted by atomic mass is 15.1. The van der Waals surface area contributed by atoms with Crippen molar-refractivity contribution in [1.82, 2.24) is 0 Å². The highest BCUT2D eigenvalue weighted by Gasteiger charge is 2.13. The second kappa shape index (κ2) is 19.2. The van der Waals surface area contributed by atoms with Crippen LogP contribution in [0.1, 0.15) is 121 Å². The standard InChI is InChI=1S/C35H51N3/c1-5-9-11-13-14-15-17-19-31(28-29-37-36)35(33-24-26-34(27-25-33)38(7-3)8-4)32-22-20-30(21-23-32)18-16-12-10-6-2/h20-28H,5-19H2,1-4H3. The predicted molar refractivity (Wildman–Crippen MR) is 166 cm³/mol. The molecule has 0 aliphatic heterocycles. The fourth-order valence-electron chi connectivity index (χ4n) is 5.21. The van der Waals surface area contributed by atoms with Crippen molar-refractivity contribution >= 4 is 17.1 Å². The molecule has 0 heterocycles. The Morgan fingerprint density at radius 2 is 1.24 bits per heavy atom. The number of rotatable bonds is 19. The third kappa shape index (κ3) is 10.9. The monoisotopic (exact) mass is 513 g/mol. The molecule has 0 fully saturated rings. The van der Waals surface area contributed by atoms with Gasteiger partial charge in [-0.05, 0) is 79.5 Å². The van der Waals surface area contributed by atoms with Gasteiger partial charge in [0, 0.05) is 18.8 Å². The van der Waals surface area contributed by atoms with Crippen LogP contribution in [0.5, 0.6) is 0 Å². The molecule has 2 rings (SSSR count). The molecule has 38 heavy (non-hydrogen) atoms. The van der Waals surface area contributed by atoms with Crippen molar-refractivity contribution < 1.29 is 4.79 Å². The first-order chi connectivity index (χ1) is 18.7. The molecule has 0 saturated heterocycles. The van der Waals surface area contributed by atoms with Crippen molar-refractivity contribution in [2.45, 2.75) is 111 Å². The first-order valence-corrected chi connectivity index (χ1v) is 15.3. The van der Waals surface area contributed by atoms with Gasteiger partial charge in [-0.3, -0.25) is 0 Å². The van der Waals surface area contributed by atoms with E-state index in [0.29, 0.717) is 0 Å². The minimum Gasteiger partial charge on any atom is -0.372 e. The van der Waals surface area contributed by atoms with Crippen LogP contribution in [-0.4, -0.2) is 23.7 Å². The van der Waals surface area contributed by atoms with Crippen molar-refractivity contribution in [3.63, 3.8) is 0 Å². The molecular weight excluding hydrogens is 462 g/mol. The zero-order chi connectivity index (χ0) is 27.4. The van der Waals surface area contributed by atoms with Crippen LogP contribution >= 0.6 is 0 Å². The third-order valence-electron chi connectivity index (χ3n) is 7.51. The maximum Gasteiger partial charge on any atom is 0.299 e. The summed E-state index contributed by atoms with van der Waals surface area (Å²) in [7, 11) is 0. The number of anilines is 1. The summed E-state index contributed by atoms with van der Waals surface area (Å²) in [6, 6.07) is 18.1. The normalized spacial score (nSPS) is 11.5. The minimum atomic E-state index is 0.947. The van der Waals surface area contributed by atoms with Gasteiger partial charge in [0.15, 0.2) is 0 Å². The maximum atomic E-state index is 9.19. The van der Waals surface area contributed by atoms with Gasteiger partial charge >= 0.3 is 0 Å². The number of hydrogen-bond acceptors (Lipinski definition) is 1. The van der Waals surface area contributed by atoms with Gasteiger partial charge in [0.05, 0.1) is 6.08 Å². The molecule has 206 valence electrons. The number of aryl methyl sites for hydroxylation is 1. The van der Waals surface area contributed by atoms with E-state index in [1.165, 1.54) is 97.7 Å². The molecule has 0 aliphatic carbocycles. The van der Waals surface area contributed by atoms with Crippen LogP contribution in [0, 0.1) is 0 Å². The van der Waals surface area contributed by atoms with Crippen molar-refractivity contribution in [3.05, 3.63) is 82.4 Å². The summed E-state index contributed by atoms with van der Waals surface area (Å²) in [4.78, 5) is 5.57. The van der Waals surface area contributed by atoms with E-state index in [0.717, 1.165) is 32.4 Å². The van der Waals surface area contributed by atoms with Crippen LogP contribution in [0.2, 0.25) is 0 Å². The highest BCUT2D eigenvalue weighted by Crippen LogP contribution is 2.32. The van der Waals surface area contributed by atoms with Crippen LogP contribution in [0.3, 0.4) is 0 Å². The van der Waals surface area contributed by atoms with E-state index < -0.39 is 0 Å². The summed E-state index contributed by atoms with van der Waals surface area (Å²) in [5.74, 6) is 2.73. The van der Waals surface area contributed by atoms with E-state index in [2.05, 4.69) is 91.8 Å². The van der Waals surface area contributed by atoms with E-state index in [9.17, 15) is 5.53 Å². The van der Waals surface area contributed by atoms with Crippen LogP contribution in [0.4, 0.5) is 5.69 Å². The lowest BCUT2D eigenvalue weighted by Gasteiger charge is -2.22. The SMILES string of the molecule is CCCCCCCCCC(C=C=[N+]=[N-])=C(c1ccc(CCCCCC)cc1)c1ccc(N(CC)CC)cc1. The quantitative estimate of drug-likeness (QED) is 0.0605. The van der Waals surface area contributed by atoms with Gasteiger partial charge in [0.1, 0.15) is 0 Å². The van der Waals surface area contributed by atoms with Crippen LogP contribution < -0.4 is 4.90 Å². The lowest BCUT2D eigenvalue weighted by Crippen LogP contribution is -2.21. The van der Waals surface area contributed by atoms with E-state index in [-0.39, 0.29) is 0 Å². The first-order valence-electron chi connectivity index (χ1n) is 15.3.